The molecule has 3 rings (SSSR count). The third-order valence-corrected chi connectivity index (χ3v) is 5.93. The minimum absolute atomic E-state index is 0.641. The van der Waals surface area contributed by atoms with Gasteiger partial charge >= 0.3 is 0 Å². The molecule has 1 aromatic carbocycles. The van der Waals surface area contributed by atoms with Crippen molar-refractivity contribution in [2.45, 2.75) is 41.9 Å². The van der Waals surface area contributed by atoms with Crippen LogP contribution in [-0.4, -0.2) is 31.1 Å². The number of thioether (sulfide) groups is 1. The van der Waals surface area contributed by atoms with Crippen molar-refractivity contribution in [1.82, 2.24) is 5.32 Å². The third-order valence-electron chi connectivity index (χ3n) is 3.79. The van der Waals surface area contributed by atoms with E-state index in [0.717, 1.165) is 19.6 Å². The molecule has 2 aliphatic heterocycles. The second-order valence-corrected chi connectivity index (χ2v) is 7.59. The van der Waals surface area contributed by atoms with Crippen molar-refractivity contribution in [1.29, 1.82) is 0 Å². The average molecular weight is 342 g/mol. The maximum Gasteiger partial charge on any atom is 0.0611 e. The molecule has 0 aromatic heterocycles. The Bertz CT molecular complexity index is 430. The highest BCUT2D eigenvalue weighted by Crippen LogP contribution is 2.34. The molecule has 2 aliphatic rings. The van der Waals surface area contributed by atoms with Crippen molar-refractivity contribution in [3.05, 3.63) is 28.2 Å². The quantitative estimate of drug-likeness (QED) is 0.903. The lowest BCUT2D eigenvalue weighted by molar-refractivity contribution is 0.0455. The first-order valence-electron chi connectivity index (χ1n) is 7.07. The van der Waals surface area contributed by atoms with Gasteiger partial charge in [0.2, 0.25) is 0 Å². The lowest BCUT2D eigenvalue weighted by atomic mass is 9.98. The van der Waals surface area contributed by atoms with Crippen LogP contribution in [0.3, 0.4) is 0 Å². The number of halogens is 1. The van der Waals surface area contributed by atoms with Crippen molar-refractivity contribution in [2.75, 3.05) is 19.8 Å². The summed E-state index contributed by atoms with van der Waals surface area (Å²) in [6.45, 7) is 2.97. The van der Waals surface area contributed by atoms with Gasteiger partial charge in [-0.2, -0.15) is 0 Å². The molecule has 1 unspecified atom stereocenters. The molecule has 2 saturated heterocycles. The van der Waals surface area contributed by atoms with Crippen LogP contribution in [0.2, 0.25) is 0 Å². The molecule has 0 aliphatic carbocycles. The molecule has 0 amide bonds. The second-order valence-electron chi connectivity index (χ2n) is 5.39. The minimum Gasteiger partial charge on any atom is -0.379 e. The first-order chi connectivity index (χ1) is 9.31. The lowest BCUT2D eigenvalue weighted by Crippen LogP contribution is -2.35. The Balaban J connectivity index is 1.61. The molecule has 104 valence electrons. The highest BCUT2D eigenvalue weighted by Gasteiger charge is 2.21. The summed E-state index contributed by atoms with van der Waals surface area (Å²) in [6.07, 6.45) is 5.16. The summed E-state index contributed by atoms with van der Waals surface area (Å²) in [5.74, 6) is 0. The van der Waals surface area contributed by atoms with E-state index in [-0.39, 0.29) is 0 Å². The van der Waals surface area contributed by atoms with Gasteiger partial charge in [-0.25, -0.2) is 0 Å². The molecule has 2 heterocycles. The van der Waals surface area contributed by atoms with Gasteiger partial charge in [-0.1, -0.05) is 12.5 Å². The monoisotopic (exact) mass is 341 g/mol. The fraction of sp³-hybridized carbons (Fsp3) is 0.600. The van der Waals surface area contributed by atoms with Crippen LogP contribution < -0.4 is 5.32 Å². The normalized spacial score (nSPS) is 24.2. The number of rotatable bonds is 4. The van der Waals surface area contributed by atoms with Crippen LogP contribution in [-0.2, 0) is 11.2 Å². The Morgan fingerprint density at radius 3 is 2.84 bits per heavy atom. The molecule has 0 radical (unpaired) electrons. The van der Waals surface area contributed by atoms with Gasteiger partial charge in [-0.15, -0.1) is 11.8 Å². The molecule has 1 N–H and O–H groups in total. The van der Waals surface area contributed by atoms with Crippen molar-refractivity contribution in [2.24, 2.45) is 0 Å². The molecule has 4 heteroatoms. The summed E-state index contributed by atoms with van der Waals surface area (Å²) >= 11 is 5.64. The zero-order valence-electron chi connectivity index (χ0n) is 11.0. The van der Waals surface area contributed by atoms with E-state index in [9.17, 15) is 0 Å². The second kappa shape index (κ2) is 6.61. The highest BCUT2D eigenvalue weighted by atomic mass is 79.9. The van der Waals surface area contributed by atoms with E-state index < -0.39 is 0 Å². The molecule has 0 saturated carbocycles. The number of nitrogens with one attached hydrogen (secondary N) is 1. The average Bonchev–Trinajstić information content (AvgIpc) is 2.37. The standard InChI is InChI=1S/C15H20BrNOS/c16-14-8-11(7-12-3-1-2-6-17-12)4-5-15(14)19-13-9-18-10-13/h4-5,8,12-13,17H,1-3,6-7,9-10H2. The number of piperidine rings is 1. The Labute approximate surface area is 127 Å². The Morgan fingerprint density at radius 2 is 2.21 bits per heavy atom. The summed E-state index contributed by atoms with van der Waals surface area (Å²) in [4.78, 5) is 1.34. The number of hydrogen-bond acceptors (Lipinski definition) is 3. The Kier molecular flexibility index (Phi) is 4.85. The molecule has 1 aromatic rings. The topological polar surface area (TPSA) is 21.3 Å². The Hall–Kier alpha value is -0.0300. The first kappa shape index (κ1) is 13.9. The van der Waals surface area contributed by atoms with Gasteiger partial charge in [0.25, 0.3) is 0 Å². The smallest absolute Gasteiger partial charge is 0.0611 e. The van der Waals surface area contributed by atoms with E-state index >= 15 is 0 Å². The number of benzene rings is 1. The van der Waals surface area contributed by atoms with Crippen molar-refractivity contribution in [3.63, 3.8) is 0 Å². The summed E-state index contributed by atoms with van der Waals surface area (Å²) in [5.41, 5.74) is 1.43. The maximum atomic E-state index is 5.23. The molecule has 19 heavy (non-hydrogen) atoms. The molecule has 2 fully saturated rings. The van der Waals surface area contributed by atoms with Crippen LogP contribution in [0.1, 0.15) is 24.8 Å². The largest absolute Gasteiger partial charge is 0.379 e. The van der Waals surface area contributed by atoms with E-state index in [1.807, 2.05) is 11.8 Å². The number of hydrogen-bond donors (Lipinski definition) is 1. The highest BCUT2D eigenvalue weighted by molar-refractivity contribution is 9.10. The lowest BCUT2D eigenvalue weighted by Gasteiger charge is -2.26. The summed E-state index contributed by atoms with van der Waals surface area (Å²) in [7, 11) is 0. The van der Waals surface area contributed by atoms with Gasteiger partial charge in [-0.3, -0.25) is 0 Å². The van der Waals surface area contributed by atoms with Gasteiger partial charge < -0.3 is 10.1 Å². The van der Waals surface area contributed by atoms with Crippen LogP contribution in [0.5, 0.6) is 0 Å². The van der Waals surface area contributed by atoms with Crippen LogP contribution in [0.25, 0.3) is 0 Å². The van der Waals surface area contributed by atoms with Gasteiger partial charge in [0.05, 0.1) is 18.5 Å². The zero-order valence-corrected chi connectivity index (χ0v) is 13.4. The Morgan fingerprint density at radius 1 is 1.32 bits per heavy atom. The molecule has 2 nitrogen and oxygen atoms in total. The minimum atomic E-state index is 0.641. The molecule has 1 atom stereocenters. The van der Waals surface area contributed by atoms with Crippen LogP contribution in [0.4, 0.5) is 0 Å². The fourth-order valence-electron chi connectivity index (χ4n) is 2.61. The van der Waals surface area contributed by atoms with E-state index in [4.69, 9.17) is 4.74 Å². The van der Waals surface area contributed by atoms with Gasteiger partial charge in [-0.05, 0) is 59.4 Å². The summed E-state index contributed by atoms with van der Waals surface area (Å²) in [6, 6.07) is 7.49. The van der Waals surface area contributed by atoms with E-state index in [1.165, 1.54) is 40.7 Å². The molecular formula is C15H20BrNOS. The van der Waals surface area contributed by atoms with Gasteiger partial charge in [0, 0.05) is 15.4 Å². The third kappa shape index (κ3) is 3.75. The SMILES string of the molecule is Brc1cc(CC2CCCCN2)ccc1SC1COC1. The van der Waals surface area contributed by atoms with Crippen molar-refractivity contribution in [3.8, 4) is 0 Å². The molecular weight excluding hydrogens is 322 g/mol. The predicted molar refractivity (Wildman–Crippen MR) is 84.0 cm³/mol. The molecule has 0 spiro atoms. The van der Waals surface area contributed by atoms with Crippen molar-refractivity contribution < 1.29 is 4.74 Å². The van der Waals surface area contributed by atoms with Gasteiger partial charge in [0.15, 0.2) is 0 Å². The molecule has 0 bridgehead atoms. The van der Waals surface area contributed by atoms with Crippen LogP contribution in [0, 0.1) is 0 Å². The number of ether oxygens (including phenoxy) is 1. The van der Waals surface area contributed by atoms with E-state index in [0.29, 0.717) is 11.3 Å². The zero-order chi connectivity index (χ0) is 13.1. The van der Waals surface area contributed by atoms with Crippen LogP contribution >= 0.6 is 27.7 Å². The van der Waals surface area contributed by atoms with Gasteiger partial charge in [0.1, 0.15) is 0 Å². The van der Waals surface area contributed by atoms with Crippen molar-refractivity contribution >= 4 is 27.7 Å². The predicted octanol–water partition coefficient (Wildman–Crippen LogP) is 3.62. The maximum absolute atomic E-state index is 5.23. The fourth-order valence-corrected chi connectivity index (χ4v) is 4.32. The summed E-state index contributed by atoms with van der Waals surface area (Å²) in [5, 5.41) is 4.26. The summed E-state index contributed by atoms with van der Waals surface area (Å²) < 4.78 is 6.46. The van der Waals surface area contributed by atoms with E-state index in [1.54, 1.807) is 0 Å². The van der Waals surface area contributed by atoms with E-state index in [2.05, 4.69) is 39.4 Å². The van der Waals surface area contributed by atoms with Crippen LogP contribution in [0.15, 0.2) is 27.6 Å². The first-order valence-corrected chi connectivity index (χ1v) is 8.75.